The van der Waals surface area contributed by atoms with Gasteiger partial charge in [0.15, 0.2) is 0 Å². The summed E-state index contributed by atoms with van der Waals surface area (Å²) in [7, 11) is 1.99. The van der Waals surface area contributed by atoms with Crippen molar-refractivity contribution in [3.8, 4) is 17.6 Å². The Labute approximate surface area is 365 Å². The summed E-state index contributed by atoms with van der Waals surface area (Å²) in [5.74, 6) is 6.32. The molecule has 63 heavy (non-hydrogen) atoms. The van der Waals surface area contributed by atoms with Crippen molar-refractivity contribution in [1.29, 1.82) is 0 Å². The van der Waals surface area contributed by atoms with Crippen LogP contribution in [-0.4, -0.2) is 151 Å². The number of amides is 1. The molecule has 1 fully saturated rings. The van der Waals surface area contributed by atoms with Gasteiger partial charge in [0.25, 0.3) is 5.91 Å². The van der Waals surface area contributed by atoms with E-state index in [0.717, 1.165) is 24.7 Å². The number of imidazole rings is 1. The van der Waals surface area contributed by atoms with Gasteiger partial charge in [-0.05, 0) is 66.9 Å². The third-order valence-corrected chi connectivity index (χ3v) is 9.73. The first-order chi connectivity index (χ1) is 30.6. The van der Waals surface area contributed by atoms with Gasteiger partial charge in [0.2, 0.25) is 0 Å². The van der Waals surface area contributed by atoms with Crippen molar-refractivity contribution in [3.05, 3.63) is 105 Å². The van der Waals surface area contributed by atoms with Crippen LogP contribution in [0.5, 0.6) is 5.75 Å². The lowest BCUT2D eigenvalue weighted by Crippen LogP contribution is -2.44. The summed E-state index contributed by atoms with van der Waals surface area (Å²) in [5.41, 5.74) is 10.6. The number of carbonyl (C=O) groups is 1. The number of likely N-dealkylation sites (N-methyl/N-ethyl adjacent to an activating group) is 1. The fraction of sp³-hybridized carbons (Fsp3) is 0.500. The average Bonchev–Trinajstić information content (AvgIpc) is 3.68. The maximum Gasteiger partial charge on any atom is 0.416 e. The minimum absolute atomic E-state index is 0.0621. The van der Waals surface area contributed by atoms with Crippen molar-refractivity contribution in [2.75, 3.05) is 131 Å². The molecule has 4 aromatic rings. The molecule has 5 rings (SSSR count). The molecule has 0 saturated carbocycles. The van der Waals surface area contributed by atoms with Crippen molar-refractivity contribution in [2.24, 2.45) is 5.11 Å². The quantitative estimate of drug-likeness (QED) is 0.0265. The average molecular weight is 881 g/mol. The molecule has 2 aromatic heterocycles. The molecule has 1 aliphatic rings. The molecular formula is C44H55F3N8O8. The van der Waals surface area contributed by atoms with Gasteiger partial charge in [0.05, 0.1) is 91.0 Å². The van der Waals surface area contributed by atoms with E-state index in [2.05, 4.69) is 37.1 Å². The minimum Gasteiger partial charge on any atom is -0.491 e. The van der Waals surface area contributed by atoms with E-state index in [0.29, 0.717) is 128 Å². The van der Waals surface area contributed by atoms with E-state index in [1.807, 2.05) is 23.3 Å². The van der Waals surface area contributed by atoms with Crippen LogP contribution in [0, 0.1) is 18.8 Å². The third kappa shape index (κ3) is 17.1. The summed E-state index contributed by atoms with van der Waals surface area (Å²) in [4.78, 5) is 24.5. The van der Waals surface area contributed by atoms with Gasteiger partial charge in [-0.15, -0.1) is 0 Å². The summed E-state index contributed by atoms with van der Waals surface area (Å²) in [6.07, 6.45) is -1.13. The van der Waals surface area contributed by atoms with Crippen molar-refractivity contribution in [2.45, 2.75) is 19.6 Å². The molecule has 340 valence electrons. The van der Waals surface area contributed by atoms with E-state index >= 15 is 0 Å². The van der Waals surface area contributed by atoms with Crippen LogP contribution in [-0.2, 0) is 41.1 Å². The third-order valence-electron chi connectivity index (χ3n) is 9.73. The molecule has 16 nitrogen and oxygen atoms in total. The van der Waals surface area contributed by atoms with E-state index in [1.165, 1.54) is 12.1 Å². The number of nitrogens with zero attached hydrogens (tertiary/aromatic N) is 7. The number of piperazine rings is 1. The van der Waals surface area contributed by atoms with Crippen LogP contribution in [0.4, 0.5) is 18.9 Å². The number of nitrogens with one attached hydrogen (secondary N) is 1. The van der Waals surface area contributed by atoms with Crippen LogP contribution in [0.3, 0.4) is 0 Å². The summed E-state index contributed by atoms with van der Waals surface area (Å²) >= 11 is 0. The van der Waals surface area contributed by atoms with Crippen molar-refractivity contribution < 1.29 is 51.1 Å². The monoisotopic (exact) mass is 880 g/mol. The van der Waals surface area contributed by atoms with Gasteiger partial charge in [-0.1, -0.05) is 23.2 Å². The second-order valence-corrected chi connectivity index (χ2v) is 14.4. The molecule has 1 amide bonds. The number of halogens is 3. The first-order valence-electron chi connectivity index (χ1n) is 20.7. The fourth-order valence-electron chi connectivity index (χ4n) is 6.25. The van der Waals surface area contributed by atoms with Gasteiger partial charge in [-0.25, -0.2) is 4.98 Å². The highest BCUT2D eigenvalue weighted by atomic mass is 19.4. The van der Waals surface area contributed by atoms with Crippen molar-refractivity contribution in [3.63, 3.8) is 0 Å². The van der Waals surface area contributed by atoms with Gasteiger partial charge in [-0.2, -0.15) is 13.2 Å². The highest BCUT2D eigenvalue weighted by Gasteiger charge is 2.34. The van der Waals surface area contributed by atoms with Crippen LogP contribution < -0.4 is 10.1 Å². The lowest BCUT2D eigenvalue weighted by molar-refractivity contribution is -0.138. The summed E-state index contributed by atoms with van der Waals surface area (Å²) < 4.78 is 82.7. The smallest absolute Gasteiger partial charge is 0.416 e. The van der Waals surface area contributed by atoms with E-state index in [1.54, 1.807) is 42.7 Å². The van der Waals surface area contributed by atoms with Crippen molar-refractivity contribution >= 4 is 17.2 Å². The molecule has 0 spiro atoms. The second-order valence-electron chi connectivity index (χ2n) is 14.4. The van der Waals surface area contributed by atoms with Crippen LogP contribution in [0.25, 0.3) is 16.1 Å². The topological polar surface area (TPSA) is 166 Å². The molecule has 1 saturated heterocycles. The van der Waals surface area contributed by atoms with Gasteiger partial charge < -0.3 is 43.4 Å². The Morgan fingerprint density at radius 3 is 2.05 bits per heavy atom. The molecule has 3 heterocycles. The number of aryl methyl sites for hydroxylation is 1. The molecule has 19 heteroatoms. The predicted octanol–water partition coefficient (Wildman–Crippen LogP) is 5.85. The molecule has 0 aliphatic carbocycles. The Balaban J connectivity index is 0.977. The predicted molar refractivity (Wildman–Crippen MR) is 229 cm³/mol. The molecule has 0 atom stereocenters. The molecule has 0 unspecified atom stereocenters. The standard InChI is InChI=1S/C44H55F3N8O8/c1-34-3-4-36(43(56)51-38-7-5-37(41(30-38)44(45,46)47)33-54-14-12-53(2)13-15-54)29-35(34)6-8-39-32-49-42-31-40(9-11-55(39)42)63-28-27-62-26-25-61-24-23-60-22-21-59-20-19-58-18-17-57-16-10-50-52-48/h3-5,7,9,11,29-32H,10,12-28,33H2,1-2H3,(H,51,56). The number of ether oxygens (including phenoxy) is 7. The normalized spacial score (nSPS) is 13.4. The molecular weight excluding hydrogens is 826 g/mol. The number of pyridine rings is 1. The zero-order valence-electron chi connectivity index (χ0n) is 35.7. The molecule has 2 aromatic carbocycles. The highest BCUT2D eigenvalue weighted by Crippen LogP contribution is 2.35. The number of hydrogen-bond donors (Lipinski definition) is 1. The van der Waals surface area contributed by atoms with E-state index in [4.69, 9.17) is 38.7 Å². The molecule has 1 N–H and O–H groups in total. The van der Waals surface area contributed by atoms with Crippen LogP contribution >= 0.6 is 0 Å². The zero-order valence-corrected chi connectivity index (χ0v) is 35.7. The molecule has 1 aliphatic heterocycles. The number of aromatic nitrogens is 2. The number of benzene rings is 2. The number of carbonyl (C=O) groups excluding carboxylic acids is 1. The van der Waals surface area contributed by atoms with Gasteiger partial charge in [0, 0.05) is 73.3 Å². The molecule has 0 radical (unpaired) electrons. The number of rotatable bonds is 26. The van der Waals surface area contributed by atoms with Gasteiger partial charge >= 0.3 is 6.18 Å². The summed E-state index contributed by atoms with van der Waals surface area (Å²) in [5, 5.41) is 6.02. The zero-order chi connectivity index (χ0) is 44.7. The lowest BCUT2D eigenvalue weighted by atomic mass is 10.0. The number of hydrogen-bond acceptors (Lipinski definition) is 12. The fourth-order valence-corrected chi connectivity index (χ4v) is 6.25. The number of azide groups is 1. The van der Waals surface area contributed by atoms with Crippen LogP contribution in [0.1, 0.15) is 38.3 Å². The second kappa shape index (κ2) is 26.4. The molecule has 0 bridgehead atoms. The number of fused-ring (bicyclic) bond motifs is 1. The maximum atomic E-state index is 14.1. The first kappa shape index (κ1) is 48.8. The van der Waals surface area contributed by atoms with Gasteiger partial charge in [0.1, 0.15) is 23.7 Å². The van der Waals surface area contributed by atoms with Crippen molar-refractivity contribution in [1.82, 2.24) is 19.2 Å². The van der Waals surface area contributed by atoms with Crippen LogP contribution in [0.15, 0.2) is 66.0 Å². The summed E-state index contributed by atoms with van der Waals surface area (Å²) in [6.45, 7) is 10.8. The number of anilines is 1. The highest BCUT2D eigenvalue weighted by molar-refractivity contribution is 6.04. The first-order valence-corrected chi connectivity index (χ1v) is 20.7. The SMILES string of the molecule is Cc1ccc(C(=O)Nc2ccc(CN3CCN(C)CC3)c(C(F)(F)F)c2)cc1C#Cc1cnc2cc(OCCOCCOCCOCCOCCOCCOCCN=[N+]=[N-])ccn12. The minimum atomic E-state index is -4.57. The van der Waals surface area contributed by atoms with Gasteiger partial charge in [-0.3, -0.25) is 14.1 Å². The van der Waals surface area contributed by atoms with E-state index in [9.17, 15) is 18.0 Å². The Morgan fingerprint density at radius 1 is 0.810 bits per heavy atom. The lowest BCUT2D eigenvalue weighted by Gasteiger charge is -2.33. The number of alkyl halides is 3. The summed E-state index contributed by atoms with van der Waals surface area (Å²) in [6, 6.07) is 12.6. The Kier molecular flexibility index (Phi) is 20.4. The van der Waals surface area contributed by atoms with Crippen LogP contribution in [0.2, 0.25) is 0 Å². The van der Waals surface area contributed by atoms with E-state index < -0.39 is 17.6 Å². The Morgan fingerprint density at radius 2 is 1.43 bits per heavy atom. The Bertz CT molecular complexity index is 2150. The Hall–Kier alpha value is -5.26. The largest absolute Gasteiger partial charge is 0.491 e. The maximum absolute atomic E-state index is 14.1. The van der Waals surface area contributed by atoms with E-state index in [-0.39, 0.29) is 23.4 Å².